The number of aliphatic hydroxyl groups is 2. The Balaban J connectivity index is 1.36. The maximum atomic E-state index is 9.85. The van der Waals surface area contributed by atoms with Gasteiger partial charge in [-0.15, -0.1) is 11.3 Å². The average molecular weight is 323 g/mol. The van der Waals surface area contributed by atoms with Gasteiger partial charge in [-0.3, -0.25) is 4.90 Å². The molecule has 2 N–H and O–H groups in total. The van der Waals surface area contributed by atoms with Gasteiger partial charge in [-0.25, -0.2) is 0 Å². The number of fused-ring (bicyclic) bond motifs is 1. The van der Waals surface area contributed by atoms with Crippen molar-refractivity contribution in [2.45, 2.75) is 50.5 Å². The van der Waals surface area contributed by atoms with Crippen molar-refractivity contribution in [3.63, 3.8) is 0 Å². The lowest BCUT2D eigenvalue weighted by molar-refractivity contribution is -0.0372. The van der Waals surface area contributed by atoms with Gasteiger partial charge >= 0.3 is 0 Å². The van der Waals surface area contributed by atoms with Gasteiger partial charge in [0.2, 0.25) is 0 Å². The number of hydrogen-bond acceptors (Lipinski definition) is 5. The number of nitrogens with zero attached hydrogens (tertiary/aromatic N) is 1. The summed E-state index contributed by atoms with van der Waals surface area (Å²) >= 11 is 1.89. The molecular formula is C17H25NO3S. The molecule has 0 radical (unpaired) electrons. The summed E-state index contributed by atoms with van der Waals surface area (Å²) in [4.78, 5) is 5.27. The minimum absolute atomic E-state index is 0.324. The van der Waals surface area contributed by atoms with Gasteiger partial charge in [-0.1, -0.05) is 0 Å². The van der Waals surface area contributed by atoms with Crippen LogP contribution in [0.25, 0.3) is 0 Å². The molecule has 22 heavy (non-hydrogen) atoms. The minimum Gasteiger partial charge on any atom is -0.390 e. The van der Waals surface area contributed by atoms with Gasteiger partial charge in [0.05, 0.1) is 18.3 Å². The zero-order chi connectivity index (χ0) is 15.1. The predicted molar refractivity (Wildman–Crippen MR) is 85.8 cm³/mol. The maximum absolute atomic E-state index is 9.85. The highest BCUT2D eigenvalue weighted by Gasteiger charge is 2.41. The molecule has 0 amide bonds. The van der Waals surface area contributed by atoms with E-state index < -0.39 is 12.2 Å². The van der Waals surface area contributed by atoms with Gasteiger partial charge in [0.15, 0.2) is 0 Å². The third-order valence-corrected chi connectivity index (χ3v) is 6.66. The third-order valence-electron chi connectivity index (χ3n) is 5.49. The van der Waals surface area contributed by atoms with E-state index in [1.54, 1.807) is 0 Å². The Kier molecular flexibility index (Phi) is 4.26. The highest BCUT2D eigenvalue weighted by atomic mass is 32.1. The highest BCUT2D eigenvalue weighted by Crippen LogP contribution is 2.38. The van der Waals surface area contributed by atoms with E-state index in [1.165, 1.54) is 16.2 Å². The molecule has 122 valence electrons. The molecule has 1 unspecified atom stereocenters. The Bertz CT molecular complexity index is 496. The molecule has 2 aliphatic heterocycles. The van der Waals surface area contributed by atoms with Crippen molar-refractivity contribution in [3.05, 3.63) is 21.9 Å². The molecule has 0 aromatic carbocycles. The van der Waals surface area contributed by atoms with Crippen LogP contribution in [0.5, 0.6) is 0 Å². The van der Waals surface area contributed by atoms with Crippen LogP contribution < -0.4 is 0 Å². The molecule has 3 heterocycles. The molecule has 0 bridgehead atoms. The quantitative estimate of drug-likeness (QED) is 0.895. The Labute approximate surface area is 135 Å². The Morgan fingerprint density at radius 1 is 1.14 bits per heavy atom. The summed E-state index contributed by atoms with van der Waals surface area (Å²) in [6, 6.07) is 4.47. The van der Waals surface area contributed by atoms with Crippen molar-refractivity contribution in [3.8, 4) is 0 Å². The summed E-state index contributed by atoms with van der Waals surface area (Å²) in [5.74, 6) is 1.10. The van der Waals surface area contributed by atoms with Gasteiger partial charge in [0.1, 0.15) is 0 Å². The van der Waals surface area contributed by atoms with Crippen LogP contribution in [0.3, 0.4) is 0 Å². The fourth-order valence-electron chi connectivity index (χ4n) is 4.31. The summed E-state index contributed by atoms with van der Waals surface area (Å²) in [5.41, 5.74) is 0. The number of ether oxygens (including phenoxy) is 1. The van der Waals surface area contributed by atoms with Crippen molar-refractivity contribution < 1.29 is 14.9 Å². The van der Waals surface area contributed by atoms with Crippen LogP contribution in [0.2, 0.25) is 0 Å². The molecule has 3 fully saturated rings. The molecular weight excluding hydrogens is 298 g/mol. The summed E-state index contributed by atoms with van der Waals surface area (Å²) < 4.78 is 5.76. The SMILES string of the molecule is O[C@@H]1C[C@H]2CN(Cc3ccc(C4CCCO4)s3)C[C@H]2C[C@@H]1O. The monoisotopic (exact) mass is 323 g/mol. The number of likely N-dealkylation sites (tertiary alicyclic amines) is 1. The number of thiophene rings is 1. The molecule has 1 aromatic heterocycles. The van der Waals surface area contributed by atoms with E-state index in [0.29, 0.717) is 17.9 Å². The van der Waals surface area contributed by atoms with Gasteiger partial charge in [-0.05, 0) is 49.7 Å². The smallest absolute Gasteiger partial charge is 0.0917 e. The molecule has 4 rings (SSSR count). The van der Waals surface area contributed by atoms with E-state index in [1.807, 2.05) is 11.3 Å². The molecule has 0 spiro atoms. The largest absolute Gasteiger partial charge is 0.390 e. The van der Waals surface area contributed by atoms with Crippen LogP contribution in [0.1, 0.15) is 41.5 Å². The molecule has 1 saturated carbocycles. The summed E-state index contributed by atoms with van der Waals surface area (Å²) in [6.45, 7) is 4.01. The van der Waals surface area contributed by atoms with Crippen molar-refractivity contribution in [2.24, 2.45) is 11.8 Å². The van der Waals surface area contributed by atoms with E-state index in [9.17, 15) is 10.2 Å². The molecule has 2 saturated heterocycles. The first-order valence-electron chi connectivity index (χ1n) is 8.48. The first-order valence-corrected chi connectivity index (χ1v) is 9.29. The van der Waals surface area contributed by atoms with Gasteiger partial charge in [0, 0.05) is 36.0 Å². The van der Waals surface area contributed by atoms with Crippen LogP contribution in [0, 0.1) is 11.8 Å². The molecule has 5 atom stereocenters. The number of hydrogen-bond donors (Lipinski definition) is 2. The third kappa shape index (κ3) is 2.97. The Morgan fingerprint density at radius 3 is 2.50 bits per heavy atom. The average Bonchev–Trinajstić information content (AvgIpc) is 3.19. The topological polar surface area (TPSA) is 52.9 Å². The van der Waals surface area contributed by atoms with Crippen molar-refractivity contribution in [1.29, 1.82) is 0 Å². The fraction of sp³-hybridized carbons (Fsp3) is 0.765. The van der Waals surface area contributed by atoms with E-state index in [0.717, 1.165) is 45.5 Å². The summed E-state index contributed by atoms with van der Waals surface area (Å²) in [7, 11) is 0. The lowest BCUT2D eigenvalue weighted by Gasteiger charge is -2.32. The molecule has 3 aliphatic rings. The molecule has 4 nitrogen and oxygen atoms in total. The highest BCUT2D eigenvalue weighted by molar-refractivity contribution is 7.12. The lowest BCUT2D eigenvalue weighted by Crippen LogP contribution is -2.38. The van der Waals surface area contributed by atoms with E-state index in [4.69, 9.17) is 4.74 Å². The van der Waals surface area contributed by atoms with E-state index in [2.05, 4.69) is 17.0 Å². The van der Waals surface area contributed by atoms with Crippen LogP contribution in [0.15, 0.2) is 12.1 Å². The summed E-state index contributed by atoms with van der Waals surface area (Å²) in [5, 5.41) is 19.7. The Hall–Kier alpha value is -0.460. The van der Waals surface area contributed by atoms with Crippen LogP contribution in [0.4, 0.5) is 0 Å². The predicted octanol–water partition coefficient (Wildman–Crippen LogP) is 2.16. The second-order valence-electron chi connectivity index (χ2n) is 7.13. The number of aliphatic hydroxyl groups excluding tert-OH is 2. The normalized spacial score (nSPS) is 39.3. The Morgan fingerprint density at radius 2 is 1.86 bits per heavy atom. The van der Waals surface area contributed by atoms with Gasteiger partial charge < -0.3 is 14.9 Å². The van der Waals surface area contributed by atoms with Crippen molar-refractivity contribution in [2.75, 3.05) is 19.7 Å². The van der Waals surface area contributed by atoms with E-state index in [-0.39, 0.29) is 0 Å². The standard InChI is InChI=1S/C17H25NO3S/c19-14-6-11-8-18(9-12(11)7-15(14)20)10-13-3-4-17(22-13)16-2-1-5-21-16/h3-4,11-12,14-16,19-20H,1-2,5-10H2/t11-,12+,14+,15-,16?. The second kappa shape index (κ2) is 6.21. The van der Waals surface area contributed by atoms with Crippen LogP contribution in [-0.2, 0) is 11.3 Å². The molecule has 5 heteroatoms. The zero-order valence-corrected chi connectivity index (χ0v) is 13.7. The first-order chi connectivity index (χ1) is 10.7. The number of rotatable bonds is 3. The summed E-state index contributed by atoms with van der Waals surface area (Å²) in [6.07, 6.45) is 3.14. The maximum Gasteiger partial charge on any atom is 0.0917 e. The first kappa shape index (κ1) is 15.1. The van der Waals surface area contributed by atoms with Crippen LogP contribution in [-0.4, -0.2) is 47.0 Å². The van der Waals surface area contributed by atoms with Gasteiger partial charge in [0.25, 0.3) is 0 Å². The van der Waals surface area contributed by atoms with Crippen molar-refractivity contribution in [1.82, 2.24) is 4.90 Å². The van der Waals surface area contributed by atoms with Gasteiger partial charge in [-0.2, -0.15) is 0 Å². The van der Waals surface area contributed by atoms with Crippen molar-refractivity contribution >= 4 is 11.3 Å². The zero-order valence-electron chi connectivity index (χ0n) is 12.9. The van der Waals surface area contributed by atoms with Crippen LogP contribution >= 0.6 is 11.3 Å². The van der Waals surface area contributed by atoms with E-state index >= 15 is 0 Å². The fourth-order valence-corrected chi connectivity index (χ4v) is 5.45. The molecule has 1 aliphatic carbocycles. The second-order valence-corrected chi connectivity index (χ2v) is 8.33. The minimum atomic E-state index is -0.519. The lowest BCUT2D eigenvalue weighted by atomic mass is 9.79. The molecule has 1 aromatic rings.